The van der Waals surface area contributed by atoms with E-state index in [0.717, 1.165) is 25.5 Å². The fourth-order valence-corrected chi connectivity index (χ4v) is 1.77. The average Bonchev–Trinajstić information content (AvgIpc) is 2.84. The number of imidazole rings is 1. The van der Waals surface area contributed by atoms with E-state index in [0.29, 0.717) is 5.56 Å². The zero-order valence-electron chi connectivity index (χ0n) is 10.4. The van der Waals surface area contributed by atoms with E-state index >= 15 is 0 Å². The van der Waals surface area contributed by atoms with Gasteiger partial charge < -0.3 is 9.88 Å². The second kappa shape index (κ2) is 5.99. The summed E-state index contributed by atoms with van der Waals surface area (Å²) in [5.41, 5.74) is 1.86. The summed E-state index contributed by atoms with van der Waals surface area (Å²) < 4.78 is 2.12. The maximum absolute atomic E-state index is 8.75. The molecule has 0 spiro atoms. The SMILES string of the molecule is CCNCc1nccn1Cc1ccc(C#N)cc1. The van der Waals surface area contributed by atoms with Crippen LogP contribution < -0.4 is 5.32 Å². The Morgan fingerprint density at radius 1 is 1.33 bits per heavy atom. The van der Waals surface area contributed by atoms with E-state index in [4.69, 9.17) is 5.26 Å². The highest BCUT2D eigenvalue weighted by atomic mass is 15.1. The molecule has 0 saturated heterocycles. The molecule has 1 N–H and O–H groups in total. The summed E-state index contributed by atoms with van der Waals surface area (Å²) in [6.07, 6.45) is 3.79. The molecule has 0 unspecified atom stereocenters. The van der Waals surface area contributed by atoms with Crippen LogP contribution in [0.25, 0.3) is 0 Å². The van der Waals surface area contributed by atoms with Gasteiger partial charge in [0.2, 0.25) is 0 Å². The normalized spacial score (nSPS) is 10.2. The predicted octanol–water partition coefficient (Wildman–Crippen LogP) is 1.91. The average molecular weight is 240 g/mol. The van der Waals surface area contributed by atoms with Gasteiger partial charge in [-0.1, -0.05) is 19.1 Å². The highest BCUT2D eigenvalue weighted by Crippen LogP contribution is 2.07. The summed E-state index contributed by atoms with van der Waals surface area (Å²) in [4.78, 5) is 4.33. The minimum Gasteiger partial charge on any atom is -0.329 e. The van der Waals surface area contributed by atoms with E-state index < -0.39 is 0 Å². The summed E-state index contributed by atoms with van der Waals surface area (Å²) in [6, 6.07) is 9.77. The molecule has 1 aromatic carbocycles. The fourth-order valence-electron chi connectivity index (χ4n) is 1.77. The van der Waals surface area contributed by atoms with E-state index in [1.807, 2.05) is 36.7 Å². The number of hydrogen-bond acceptors (Lipinski definition) is 3. The first-order valence-corrected chi connectivity index (χ1v) is 6.03. The molecule has 0 amide bonds. The quantitative estimate of drug-likeness (QED) is 0.868. The molecule has 2 aromatic rings. The zero-order chi connectivity index (χ0) is 12.8. The van der Waals surface area contributed by atoms with Gasteiger partial charge in [-0.05, 0) is 24.2 Å². The van der Waals surface area contributed by atoms with Crippen molar-refractivity contribution < 1.29 is 0 Å². The topological polar surface area (TPSA) is 53.6 Å². The first-order valence-electron chi connectivity index (χ1n) is 6.03. The Morgan fingerprint density at radius 3 is 2.78 bits per heavy atom. The van der Waals surface area contributed by atoms with Gasteiger partial charge in [-0.3, -0.25) is 0 Å². The Labute approximate surface area is 107 Å². The van der Waals surface area contributed by atoms with E-state index in [-0.39, 0.29) is 0 Å². The molecule has 0 aliphatic rings. The van der Waals surface area contributed by atoms with Crippen molar-refractivity contribution in [3.8, 4) is 6.07 Å². The van der Waals surface area contributed by atoms with Crippen LogP contribution in [0.15, 0.2) is 36.7 Å². The largest absolute Gasteiger partial charge is 0.329 e. The Bertz CT molecular complexity index is 534. The van der Waals surface area contributed by atoms with Crippen LogP contribution in [0, 0.1) is 11.3 Å². The second-order valence-corrected chi connectivity index (χ2v) is 4.06. The minimum atomic E-state index is 0.692. The molecule has 92 valence electrons. The third-order valence-corrected chi connectivity index (χ3v) is 2.77. The van der Waals surface area contributed by atoms with Gasteiger partial charge in [0.25, 0.3) is 0 Å². The number of aromatic nitrogens is 2. The van der Waals surface area contributed by atoms with Gasteiger partial charge in [0.1, 0.15) is 5.82 Å². The number of rotatable bonds is 5. The molecule has 0 bridgehead atoms. The maximum Gasteiger partial charge on any atom is 0.122 e. The van der Waals surface area contributed by atoms with Crippen molar-refractivity contribution in [3.63, 3.8) is 0 Å². The number of nitrogens with zero attached hydrogens (tertiary/aromatic N) is 3. The third kappa shape index (κ3) is 2.96. The Hall–Kier alpha value is -2.12. The number of hydrogen-bond donors (Lipinski definition) is 1. The lowest BCUT2D eigenvalue weighted by molar-refractivity contribution is 0.639. The van der Waals surface area contributed by atoms with Crippen molar-refractivity contribution in [3.05, 3.63) is 53.6 Å². The van der Waals surface area contributed by atoms with Crippen molar-refractivity contribution in [1.29, 1.82) is 5.26 Å². The number of benzene rings is 1. The molecule has 0 radical (unpaired) electrons. The fraction of sp³-hybridized carbons (Fsp3) is 0.286. The molecule has 1 heterocycles. The van der Waals surface area contributed by atoms with Crippen molar-refractivity contribution in [2.75, 3.05) is 6.54 Å². The van der Waals surface area contributed by atoms with Crippen LogP contribution in [0.2, 0.25) is 0 Å². The highest BCUT2D eigenvalue weighted by Gasteiger charge is 2.02. The molecular formula is C14H16N4. The molecule has 1 aromatic heterocycles. The first kappa shape index (κ1) is 12.3. The van der Waals surface area contributed by atoms with Gasteiger partial charge >= 0.3 is 0 Å². The molecule has 18 heavy (non-hydrogen) atoms. The van der Waals surface area contributed by atoms with Crippen LogP contribution in [-0.2, 0) is 13.1 Å². The van der Waals surface area contributed by atoms with Gasteiger partial charge in [-0.25, -0.2) is 4.98 Å². The number of nitrogens with one attached hydrogen (secondary N) is 1. The summed E-state index contributed by atoms with van der Waals surface area (Å²) >= 11 is 0. The predicted molar refractivity (Wildman–Crippen MR) is 69.9 cm³/mol. The zero-order valence-corrected chi connectivity index (χ0v) is 10.4. The maximum atomic E-state index is 8.75. The summed E-state index contributed by atoms with van der Waals surface area (Å²) in [5.74, 6) is 1.03. The van der Waals surface area contributed by atoms with E-state index in [9.17, 15) is 0 Å². The number of nitriles is 1. The van der Waals surface area contributed by atoms with Crippen molar-refractivity contribution in [2.45, 2.75) is 20.0 Å². The Kier molecular flexibility index (Phi) is 4.11. The van der Waals surface area contributed by atoms with E-state index in [2.05, 4.69) is 27.9 Å². The molecular weight excluding hydrogens is 224 g/mol. The summed E-state index contributed by atoms with van der Waals surface area (Å²) in [7, 11) is 0. The molecule has 0 saturated carbocycles. The van der Waals surface area contributed by atoms with Gasteiger partial charge in [0.05, 0.1) is 18.2 Å². The van der Waals surface area contributed by atoms with Crippen LogP contribution in [-0.4, -0.2) is 16.1 Å². The van der Waals surface area contributed by atoms with Crippen LogP contribution in [0.4, 0.5) is 0 Å². The standard InChI is InChI=1S/C14H16N4/c1-2-16-10-14-17-7-8-18(14)11-13-5-3-12(9-15)4-6-13/h3-8,16H,2,10-11H2,1H3. The van der Waals surface area contributed by atoms with E-state index in [1.165, 1.54) is 5.56 Å². The molecule has 0 fully saturated rings. The van der Waals surface area contributed by atoms with Gasteiger partial charge in [0.15, 0.2) is 0 Å². The molecule has 2 rings (SSSR count). The molecule has 0 atom stereocenters. The Morgan fingerprint density at radius 2 is 2.11 bits per heavy atom. The summed E-state index contributed by atoms with van der Waals surface area (Å²) in [5, 5.41) is 12.0. The van der Waals surface area contributed by atoms with Crippen molar-refractivity contribution >= 4 is 0 Å². The lowest BCUT2D eigenvalue weighted by Gasteiger charge is -2.08. The lowest BCUT2D eigenvalue weighted by Crippen LogP contribution is -2.16. The van der Waals surface area contributed by atoms with E-state index in [1.54, 1.807) is 0 Å². The van der Waals surface area contributed by atoms with Gasteiger partial charge in [0, 0.05) is 18.9 Å². The van der Waals surface area contributed by atoms with Crippen molar-refractivity contribution in [2.24, 2.45) is 0 Å². The van der Waals surface area contributed by atoms with Crippen LogP contribution >= 0.6 is 0 Å². The minimum absolute atomic E-state index is 0.692. The first-order chi connectivity index (χ1) is 8.83. The van der Waals surface area contributed by atoms with Gasteiger partial charge in [-0.15, -0.1) is 0 Å². The second-order valence-electron chi connectivity index (χ2n) is 4.06. The smallest absolute Gasteiger partial charge is 0.122 e. The molecule has 0 aliphatic carbocycles. The molecule has 4 nitrogen and oxygen atoms in total. The summed E-state index contributed by atoms with van der Waals surface area (Å²) in [6.45, 7) is 4.57. The highest BCUT2D eigenvalue weighted by molar-refractivity contribution is 5.31. The molecule has 4 heteroatoms. The molecule has 0 aliphatic heterocycles. The van der Waals surface area contributed by atoms with Gasteiger partial charge in [-0.2, -0.15) is 5.26 Å². The van der Waals surface area contributed by atoms with Crippen molar-refractivity contribution in [1.82, 2.24) is 14.9 Å². The van der Waals surface area contributed by atoms with Crippen LogP contribution in [0.5, 0.6) is 0 Å². The third-order valence-electron chi connectivity index (χ3n) is 2.77. The monoisotopic (exact) mass is 240 g/mol. The van der Waals surface area contributed by atoms with Crippen LogP contribution in [0.1, 0.15) is 23.9 Å². The van der Waals surface area contributed by atoms with Crippen LogP contribution in [0.3, 0.4) is 0 Å². The Balaban J connectivity index is 2.08. The lowest BCUT2D eigenvalue weighted by atomic mass is 10.1.